The van der Waals surface area contributed by atoms with E-state index in [0.29, 0.717) is 6.54 Å². The molecule has 1 aromatic carbocycles. The number of para-hydroxylation sites is 1. The second kappa shape index (κ2) is 8.58. The number of hydrogen-bond donors (Lipinski definition) is 0. The fraction of sp³-hybridized carbons (Fsp3) is 0.565. The largest absolute Gasteiger partial charge is 0.452 e. The standard InChI is InChI=1S/C23H28N2O5/c1-15(21(27)24-13-6-8-16-7-2-5-11-19(16)24)30-20(26)12-14-25-22(28)17-9-3-4-10-18(17)23(25)29/h2,5,7,11,15,17-18H,3-4,6,8-10,12-14H2,1H3. The molecular formula is C23H28N2O5. The van der Waals surface area contributed by atoms with Gasteiger partial charge in [-0.15, -0.1) is 0 Å². The minimum atomic E-state index is -0.920. The lowest BCUT2D eigenvalue weighted by atomic mass is 9.81. The summed E-state index contributed by atoms with van der Waals surface area (Å²) >= 11 is 0. The minimum Gasteiger partial charge on any atom is -0.452 e. The van der Waals surface area contributed by atoms with Gasteiger partial charge < -0.3 is 9.64 Å². The first-order chi connectivity index (χ1) is 14.5. The van der Waals surface area contributed by atoms with Crippen LogP contribution in [-0.2, 0) is 30.3 Å². The third-order valence-electron chi connectivity index (χ3n) is 6.50. The summed E-state index contributed by atoms with van der Waals surface area (Å²) in [7, 11) is 0. The SMILES string of the molecule is CC(OC(=O)CCN1C(=O)C2CCCCC2C1=O)C(=O)N1CCCc2ccccc21. The molecule has 3 unspecified atom stereocenters. The Balaban J connectivity index is 1.32. The molecule has 3 amide bonds. The quantitative estimate of drug-likeness (QED) is 0.548. The van der Waals surface area contributed by atoms with E-state index < -0.39 is 12.1 Å². The monoisotopic (exact) mass is 412 g/mol. The van der Waals surface area contributed by atoms with Crippen LogP contribution in [0.15, 0.2) is 24.3 Å². The fourth-order valence-electron chi connectivity index (χ4n) is 4.94. The van der Waals surface area contributed by atoms with Crippen LogP contribution in [0.2, 0.25) is 0 Å². The molecule has 160 valence electrons. The smallest absolute Gasteiger partial charge is 0.308 e. The maximum absolute atomic E-state index is 12.9. The number of amides is 3. The van der Waals surface area contributed by atoms with Gasteiger partial charge in [-0.3, -0.25) is 24.1 Å². The lowest BCUT2D eigenvalue weighted by Crippen LogP contribution is -2.43. The molecule has 7 heteroatoms. The minimum absolute atomic E-state index is 0.0248. The van der Waals surface area contributed by atoms with Crippen LogP contribution >= 0.6 is 0 Å². The number of imide groups is 1. The number of anilines is 1. The summed E-state index contributed by atoms with van der Waals surface area (Å²) in [6.07, 6.45) is 4.21. The molecule has 1 aromatic rings. The highest BCUT2D eigenvalue weighted by molar-refractivity contribution is 6.05. The maximum Gasteiger partial charge on any atom is 0.308 e. The van der Waals surface area contributed by atoms with E-state index >= 15 is 0 Å². The summed E-state index contributed by atoms with van der Waals surface area (Å²) in [6.45, 7) is 2.19. The number of carbonyl (C=O) groups is 4. The predicted molar refractivity (Wildman–Crippen MR) is 109 cm³/mol. The van der Waals surface area contributed by atoms with Gasteiger partial charge in [0.05, 0.1) is 18.3 Å². The van der Waals surface area contributed by atoms with E-state index in [2.05, 4.69) is 0 Å². The number of aryl methyl sites for hydroxylation is 1. The highest BCUT2D eigenvalue weighted by atomic mass is 16.5. The number of fused-ring (bicyclic) bond motifs is 2. The van der Waals surface area contributed by atoms with E-state index in [1.54, 1.807) is 11.8 Å². The first-order valence-corrected chi connectivity index (χ1v) is 10.9. The van der Waals surface area contributed by atoms with E-state index in [0.717, 1.165) is 49.8 Å². The van der Waals surface area contributed by atoms with Crippen LogP contribution in [0.25, 0.3) is 0 Å². The van der Waals surface area contributed by atoms with Gasteiger partial charge in [0.25, 0.3) is 5.91 Å². The Kier molecular flexibility index (Phi) is 5.88. The van der Waals surface area contributed by atoms with Crippen LogP contribution < -0.4 is 4.90 Å². The molecule has 0 bridgehead atoms. The van der Waals surface area contributed by atoms with Crippen LogP contribution in [-0.4, -0.2) is 47.8 Å². The van der Waals surface area contributed by atoms with Crippen molar-refractivity contribution in [3.63, 3.8) is 0 Å². The van der Waals surface area contributed by atoms with E-state index in [4.69, 9.17) is 4.74 Å². The molecule has 0 N–H and O–H groups in total. The molecule has 2 aliphatic heterocycles. The number of ether oxygens (including phenoxy) is 1. The van der Waals surface area contributed by atoms with Gasteiger partial charge in [-0.1, -0.05) is 31.0 Å². The molecule has 4 rings (SSSR count). The average Bonchev–Trinajstić information content (AvgIpc) is 3.01. The van der Waals surface area contributed by atoms with Gasteiger partial charge in [-0.05, 0) is 44.2 Å². The molecule has 0 spiro atoms. The summed E-state index contributed by atoms with van der Waals surface area (Å²) in [5.41, 5.74) is 1.98. The summed E-state index contributed by atoms with van der Waals surface area (Å²) in [5.74, 6) is -1.59. The number of nitrogens with zero attached hydrogens (tertiary/aromatic N) is 2. The van der Waals surface area contributed by atoms with Crippen LogP contribution in [0.5, 0.6) is 0 Å². The Labute approximate surface area is 176 Å². The Morgan fingerprint density at radius 1 is 1.07 bits per heavy atom. The number of benzene rings is 1. The van der Waals surface area contributed by atoms with E-state index in [1.165, 1.54) is 4.90 Å². The van der Waals surface area contributed by atoms with Crippen molar-refractivity contribution in [2.45, 2.75) is 58.0 Å². The first-order valence-electron chi connectivity index (χ1n) is 10.9. The van der Waals surface area contributed by atoms with Gasteiger partial charge in [0, 0.05) is 18.8 Å². The lowest BCUT2D eigenvalue weighted by molar-refractivity contribution is -0.154. The van der Waals surface area contributed by atoms with E-state index in [-0.39, 0.29) is 42.5 Å². The van der Waals surface area contributed by atoms with Crippen molar-refractivity contribution in [2.24, 2.45) is 11.8 Å². The summed E-state index contributed by atoms with van der Waals surface area (Å²) in [4.78, 5) is 53.1. The summed E-state index contributed by atoms with van der Waals surface area (Å²) < 4.78 is 5.35. The molecule has 2 fully saturated rings. The van der Waals surface area contributed by atoms with Crippen molar-refractivity contribution in [1.29, 1.82) is 0 Å². The normalized spacial score (nSPS) is 24.3. The van der Waals surface area contributed by atoms with Gasteiger partial charge in [0.2, 0.25) is 11.8 Å². The molecule has 7 nitrogen and oxygen atoms in total. The van der Waals surface area contributed by atoms with Crippen LogP contribution in [0.3, 0.4) is 0 Å². The van der Waals surface area contributed by atoms with Crippen LogP contribution in [0, 0.1) is 11.8 Å². The molecule has 30 heavy (non-hydrogen) atoms. The van der Waals surface area contributed by atoms with Gasteiger partial charge in [-0.2, -0.15) is 0 Å². The van der Waals surface area contributed by atoms with Gasteiger partial charge in [-0.25, -0.2) is 0 Å². The fourth-order valence-corrected chi connectivity index (χ4v) is 4.94. The Bertz CT molecular complexity index is 843. The topological polar surface area (TPSA) is 84.0 Å². The number of carbonyl (C=O) groups excluding carboxylic acids is 4. The van der Waals surface area contributed by atoms with Gasteiger partial charge >= 0.3 is 5.97 Å². The van der Waals surface area contributed by atoms with Crippen molar-refractivity contribution in [2.75, 3.05) is 18.0 Å². The van der Waals surface area contributed by atoms with Gasteiger partial charge in [0.15, 0.2) is 6.10 Å². The third kappa shape index (κ3) is 3.85. The molecule has 1 saturated heterocycles. The molecule has 2 heterocycles. The predicted octanol–water partition coefficient (Wildman–Crippen LogP) is 2.46. The zero-order valence-corrected chi connectivity index (χ0v) is 17.3. The Morgan fingerprint density at radius 3 is 2.43 bits per heavy atom. The van der Waals surface area contributed by atoms with Crippen LogP contribution in [0.4, 0.5) is 5.69 Å². The second-order valence-corrected chi connectivity index (χ2v) is 8.43. The molecule has 3 aliphatic rings. The number of likely N-dealkylation sites (tertiary alicyclic amines) is 1. The molecular weight excluding hydrogens is 384 g/mol. The second-order valence-electron chi connectivity index (χ2n) is 8.43. The van der Waals surface area contributed by atoms with Crippen molar-refractivity contribution in [3.8, 4) is 0 Å². The number of esters is 1. The molecule has 1 aliphatic carbocycles. The maximum atomic E-state index is 12.9. The van der Waals surface area contributed by atoms with Gasteiger partial charge in [0.1, 0.15) is 0 Å². The Morgan fingerprint density at radius 2 is 1.73 bits per heavy atom. The third-order valence-corrected chi connectivity index (χ3v) is 6.50. The molecule has 0 aromatic heterocycles. The molecule has 3 atom stereocenters. The zero-order valence-electron chi connectivity index (χ0n) is 17.3. The summed E-state index contributed by atoms with van der Waals surface area (Å²) in [6, 6.07) is 7.76. The van der Waals surface area contributed by atoms with Crippen molar-refractivity contribution < 1.29 is 23.9 Å². The number of hydrogen-bond acceptors (Lipinski definition) is 5. The molecule has 0 radical (unpaired) electrons. The highest BCUT2D eigenvalue weighted by Gasteiger charge is 2.47. The van der Waals surface area contributed by atoms with Crippen molar-refractivity contribution in [3.05, 3.63) is 29.8 Å². The lowest BCUT2D eigenvalue weighted by Gasteiger charge is -2.31. The van der Waals surface area contributed by atoms with Crippen LogP contribution in [0.1, 0.15) is 51.0 Å². The van der Waals surface area contributed by atoms with E-state index in [9.17, 15) is 19.2 Å². The van der Waals surface area contributed by atoms with E-state index in [1.807, 2.05) is 24.3 Å². The Hall–Kier alpha value is -2.70. The summed E-state index contributed by atoms with van der Waals surface area (Å²) in [5, 5.41) is 0. The van der Waals surface area contributed by atoms with Crippen molar-refractivity contribution >= 4 is 29.4 Å². The average molecular weight is 412 g/mol. The first kappa shape index (κ1) is 20.6. The van der Waals surface area contributed by atoms with Crippen molar-refractivity contribution in [1.82, 2.24) is 4.90 Å². The zero-order chi connectivity index (χ0) is 21.3. The molecule has 1 saturated carbocycles. The number of rotatable bonds is 5. The highest BCUT2D eigenvalue weighted by Crippen LogP contribution is 2.38.